The molecule has 2 aromatic carbocycles. The summed E-state index contributed by atoms with van der Waals surface area (Å²) in [4.78, 5) is 2.75. The van der Waals surface area contributed by atoms with Crippen LogP contribution < -0.4 is 15.4 Å². The molecule has 2 N–H and O–H groups in total. The van der Waals surface area contributed by atoms with Crippen LogP contribution in [0.3, 0.4) is 0 Å². The highest BCUT2D eigenvalue weighted by Gasteiger charge is 2.33. The van der Waals surface area contributed by atoms with E-state index in [1.165, 1.54) is 16.2 Å². The third kappa shape index (κ3) is 8.15. The number of likely N-dealkylation sites (tertiary alicyclic amines) is 1. The maximum Gasteiger partial charge on any atom is 0.401 e. The number of hydrogen-bond donors (Lipinski definition) is 2. The lowest BCUT2D eigenvalue weighted by Crippen LogP contribution is -2.43. The van der Waals surface area contributed by atoms with E-state index in [9.17, 15) is 26.3 Å². The summed E-state index contributed by atoms with van der Waals surface area (Å²) in [5.74, 6) is 6.53. The zero-order valence-corrected chi connectivity index (χ0v) is 23.6. The van der Waals surface area contributed by atoms with Crippen LogP contribution in [-0.2, 0) is 6.42 Å². The van der Waals surface area contributed by atoms with Gasteiger partial charge in [0.15, 0.2) is 0 Å². The van der Waals surface area contributed by atoms with Gasteiger partial charge < -0.3 is 15.4 Å². The lowest BCUT2D eigenvalue weighted by atomic mass is 10.0. The molecule has 1 saturated heterocycles. The van der Waals surface area contributed by atoms with Crippen molar-refractivity contribution in [3.05, 3.63) is 46.8 Å². The van der Waals surface area contributed by atoms with E-state index < -0.39 is 25.3 Å². The molecule has 3 aromatic rings. The van der Waals surface area contributed by atoms with Crippen LogP contribution in [0.15, 0.2) is 41.3 Å². The number of piperidine rings is 1. The summed E-state index contributed by atoms with van der Waals surface area (Å²) < 4.78 is 84.8. The van der Waals surface area contributed by atoms with Crippen LogP contribution in [0.1, 0.15) is 23.3 Å². The Morgan fingerprint density at radius 3 is 2.45 bits per heavy atom. The van der Waals surface area contributed by atoms with Gasteiger partial charge in [0.1, 0.15) is 5.75 Å². The molecule has 12 heteroatoms. The van der Waals surface area contributed by atoms with E-state index >= 15 is 0 Å². The normalized spacial score (nSPS) is 15.1. The molecular weight excluding hydrogens is 572 g/mol. The van der Waals surface area contributed by atoms with Gasteiger partial charge in [-0.3, -0.25) is 4.90 Å². The summed E-state index contributed by atoms with van der Waals surface area (Å²) in [6.45, 7) is -0.138. The van der Waals surface area contributed by atoms with Crippen LogP contribution in [-0.4, -0.2) is 62.8 Å². The van der Waals surface area contributed by atoms with Gasteiger partial charge in [0.25, 0.3) is 0 Å². The Balaban J connectivity index is 1.53. The molecule has 4 rings (SSSR count). The molecule has 0 radical (unpaired) electrons. The molecule has 2 heterocycles. The second-order valence-corrected chi connectivity index (χ2v) is 11.3. The maximum absolute atomic E-state index is 13.5. The number of rotatable bonds is 8. The molecule has 0 aliphatic carbocycles. The molecule has 0 bridgehead atoms. The standard InChI is InChI=1S/C28H29F6N3OS2/c1-38-24-15-19(39-2)8-9-22(24)35-12-4-7-25-21(16-27(29,30)31)20-5-3-6-23(26(20)40-25)36-18-10-13-37(14-11-18)17-28(32,33)34/h3,5-6,8-9,15,18,35-36H,10-14,16-17H2,1-2H3. The number of nitrogens with one attached hydrogen (secondary N) is 2. The summed E-state index contributed by atoms with van der Waals surface area (Å²) >= 11 is 2.78. The van der Waals surface area contributed by atoms with Crippen LogP contribution >= 0.6 is 23.1 Å². The average Bonchev–Trinajstić information content (AvgIpc) is 3.23. The van der Waals surface area contributed by atoms with E-state index in [2.05, 4.69) is 22.5 Å². The number of anilines is 2. The van der Waals surface area contributed by atoms with Gasteiger partial charge in [0.05, 0.1) is 47.6 Å². The number of benzene rings is 2. The summed E-state index contributed by atoms with van der Waals surface area (Å²) in [5.41, 5.74) is 1.53. The lowest BCUT2D eigenvalue weighted by molar-refractivity contribution is -0.147. The van der Waals surface area contributed by atoms with Crippen LogP contribution in [0, 0.1) is 11.8 Å². The van der Waals surface area contributed by atoms with Crippen molar-refractivity contribution in [1.82, 2.24) is 4.90 Å². The summed E-state index contributed by atoms with van der Waals surface area (Å²) in [5, 5.41) is 7.00. The van der Waals surface area contributed by atoms with Gasteiger partial charge >= 0.3 is 12.4 Å². The van der Waals surface area contributed by atoms with E-state index in [1.54, 1.807) is 37.1 Å². The largest absolute Gasteiger partial charge is 0.495 e. The molecular formula is C28H29F6N3OS2. The highest BCUT2D eigenvalue weighted by molar-refractivity contribution is 7.98. The number of hydrogen-bond acceptors (Lipinski definition) is 6. The zero-order chi connectivity index (χ0) is 28.9. The first kappa shape index (κ1) is 30.2. The van der Waals surface area contributed by atoms with Crippen molar-refractivity contribution in [3.8, 4) is 17.6 Å². The molecule has 1 aliphatic heterocycles. The van der Waals surface area contributed by atoms with Crippen molar-refractivity contribution in [2.75, 3.05) is 50.2 Å². The molecule has 0 atom stereocenters. The van der Waals surface area contributed by atoms with Gasteiger partial charge in [0.2, 0.25) is 0 Å². The maximum atomic E-state index is 13.5. The number of halogens is 6. The molecule has 4 nitrogen and oxygen atoms in total. The molecule has 216 valence electrons. The third-order valence-corrected chi connectivity index (χ3v) is 8.45. The number of fused-ring (bicyclic) bond motifs is 1. The first-order valence-electron chi connectivity index (χ1n) is 12.6. The fourth-order valence-corrected chi connectivity index (χ4v) is 6.28. The molecule has 1 aromatic heterocycles. The third-order valence-electron chi connectivity index (χ3n) is 6.52. The Hall–Kier alpha value is -2.75. The number of nitrogens with zero attached hydrogens (tertiary/aromatic N) is 1. The van der Waals surface area contributed by atoms with Gasteiger partial charge in [0, 0.05) is 24.0 Å². The molecule has 0 saturated carbocycles. The van der Waals surface area contributed by atoms with Gasteiger partial charge in [-0.2, -0.15) is 26.3 Å². The SMILES string of the molecule is COc1cc(SC)ccc1NCC#Cc1sc2c(NC3CCN(CC(F)(F)F)CC3)cccc2c1CC(F)(F)F. The van der Waals surface area contributed by atoms with E-state index in [4.69, 9.17) is 4.74 Å². The van der Waals surface area contributed by atoms with Crippen molar-refractivity contribution in [2.24, 2.45) is 0 Å². The lowest BCUT2D eigenvalue weighted by Gasteiger charge is -2.33. The van der Waals surface area contributed by atoms with E-state index in [0.717, 1.165) is 10.6 Å². The van der Waals surface area contributed by atoms with E-state index in [-0.39, 0.29) is 18.2 Å². The minimum absolute atomic E-state index is 0.0746. The molecule has 1 aliphatic rings. The minimum atomic E-state index is -4.41. The van der Waals surface area contributed by atoms with Crippen molar-refractivity contribution in [1.29, 1.82) is 0 Å². The Morgan fingerprint density at radius 2 is 1.80 bits per heavy atom. The van der Waals surface area contributed by atoms with Crippen LogP contribution in [0.4, 0.5) is 37.7 Å². The molecule has 1 fully saturated rings. The number of methoxy groups -OCH3 is 1. The quantitative estimate of drug-likeness (QED) is 0.158. The van der Waals surface area contributed by atoms with Crippen molar-refractivity contribution in [2.45, 2.75) is 42.6 Å². The highest BCUT2D eigenvalue weighted by Crippen LogP contribution is 2.39. The van der Waals surface area contributed by atoms with E-state index in [0.29, 0.717) is 52.3 Å². The number of ether oxygens (including phenoxy) is 1. The minimum Gasteiger partial charge on any atom is -0.495 e. The molecule has 40 heavy (non-hydrogen) atoms. The predicted molar refractivity (Wildman–Crippen MR) is 151 cm³/mol. The predicted octanol–water partition coefficient (Wildman–Crippen LogP) is 7.64. The Kier molecular flexibility index (Phi) is 9.69. The fraction of sp³-hybridized carbons (Fsp3) is 0.429. The van der Waals surface area contributed by atoms with Crippen molar-refractivity contribution >= 4 is 44.6 Å². The zero-order valence-electron chi connectivity index (χ0n) is 21.9. The second kappa shape index (κ2) is 12.8. The smallest absolute Gasteiger partial charge is 0.401 e. The van der Waals surface area contributed by atoms with Crippen LogP contribution in [0.2, 0.25) is 0 Å². The average molecular weight is 602 g/mol. The van der Waals surface area contributed by atoms with Crippen LogP contribution in [0.5, 0.6) is 5.75 Å². The Labute approximate surface area is 237 Å². The van der Waals surface area contributed by atoms with Gasteiger partial charge in [-0.05, 0) is 54.3 Å². The van der Waals surface area contributed by atoms with E-state index in [1.807, 2.05) is 24.5 Å². The molecule has 0 spiro atoms. The number of thiophene rings is 1. The van der Waals surface area contributed by atoms with Gasteiger partial charge in [-0.25, -0.2) is 0 Å². The summed E-state index contributed by atoms with van der Waals surface area (Å²) in [6, 6.07) is 10.8. The topological polar surface area (TPSA) is 36.5 Å². The first-order valence-corrected chi connectivity index (χ1v) is 14.6. The Bertz CT molecular complexity index is 1370. The molecule has 0 unspecified atom stereocenters. The fourth-order valence-electron chi connectivity index (χ4n) is 4.68. The van der Waals surface area contributed by atoms with Crippen LogP contribution in [0.25, 0.3) is 10.1 Å². The van der Waals surface area contributed by atoms with Crippen molar-refractivity contribution in [3.63, 3.8) is 0 Å². The number of thioether (sulfide) groups is 1. The highest BCUT2D eigenvalue weighted by atomic mass is 32.2. The number of alkyl halides is 6. The van der Waals surface area contributed by atoms with Crippen molar-refractivity contribution < 1.29 is 31.1 Å². The first-order chi connectivity index (χ1) is 19.0. The molecule has 0 amide bonds. The summed E-state index contributed by atoms with van der Waals surface area (Å²) in [7, 11) is 1.56. The Morgan fingerprint density at radius 1 is 1.05 bits per heavy atom. The monoisotopic (exact) mass is 601 g/mol. The van der Waals surface area contributed by atoms with Gasteiger partial charge in [-0.15, -0.1) is 23.1 Å². The van der Waals surface area contributed by atoms with Gasteiger partial charge in [-0.1, -0.05) is 24.0 Å². The summed E-state index contributed by atoms with van der Waals surface area (Å²) in [6.07, 6.45) is -6.79. The second-order valence-electron chi connectivity index (χ2n) is 9.42.